The van der Waals surface area contributed by atoms with Gasteiger partial charge in [-0.25, -0.2) is 4.79 Å². The molecule has 0 aliphatic carbocycles. The van der Waals surface area contributed by atoms with Crippen molar-refractivity contribution in [3.05, 3.63) is 102 Å². The predicted molar refractivity (Wildman–Crippen MR) is 124 cm³/mol. The third-order valence-electron chi connectivity index (χ3n) is 5.07. The first-order valence-corrected chi connectivity index (χ1v) is 10.8. The van der Waals surface area contributed by atoms with Gasteiger partial charge in [-0.3, -0.25) is 4.79 Å². The van der Waals surface area contributed by atoms with Crippen LogP contribution in [0.2, 0.25) is 0 Å². The van der Waals surface area contributed by atoms with Gasteiger partial charge >= 0.3 is 5.97 Å². The SMILES string of the molecule is CC(C)c1ccccc1OCC(=O)OCC(=O)NC(Cc1ccccc1)c1ccccc1. The lowest BCUT2D eigenvalue weighted by atomic mass is 9.99. The summed E-state index contributed by atoms with van der Waals surface area (Å²) in [4.78, 5) is 24.6. The summed E-state index contributed by atoms with van der Waals surface area (Å²) in [5.41, 5.74) is 3.12. The van der Waals surface area contributed by atoms with Gasteiger partial charge < -0.3 is 14.8 Å². The van der Waals surface area contributed by atoms with Crippen molar-refractivity contribution in [1.82, 2.24) is 5.32 Å². The second-order valence-electron chi connectivity index (χ2n) is 7.86. The van der Waals surface area contributed by atoms with Gasteiger partial charge in [-0.15, -0.1) is 0 Å². The van der Waals surface area contributed by atoms with Crippen molar-refractivity contribution in [3.63, 3.8) is 0 Å². The first-order valence-electron chi connectivity index (χ1n) is 10.8. The van der Waals surface area contributed by atoms with E-state index < -0.39 is 5.97 Å². The van der Waals surface area contributed by atoms with E-state index >= 15 is 0 Å². The Bertz CT molecular complexity index is 1000. The fourth-order valence-electron chi connectivity index (χ4n) is 3.44. The van der Waals surface area contributed by atoms with Crippen molar-refractivity contribution < 1.29 is 19.1 Å². The zero-order valence-corrected chi connectivity index (χ0v) is 18.5. The minimum Gasteiger partial charge on any atom is -0.482 e. The van der Waals surface area contributed by atoms with Gasteiger partial charge in [0.1, 0.15) is 5.75 Å². The molecule has 1 amide bonds. The van der Waals surface area contributed by atoms with Crippen LogP contribution in [0.1, 0.15) is 42.5 Å². The smallest absolute Gasteiger partial charge is 0.344 e. The number of esters is 1. The summed E-state index contributed by atoms with van der Waals surface area (Å²) in [6, 6.07) is 27.1. The zero-order chi connectivity index (χ0) is 22.8. The molecule has 0 saturated carbocycles. The van der Waals surface area contributed by atoms with Crippen LogP contribution in [0, 0.1) is 0 Å². The van der Waals surface area contributed by atoms with Gasteiger partial charge in [0.15, 0.2) is 13.2 Å². The lowest BCUT2D eigenvalue weighted by molar-refractivity contribution is -0.150. The Morgan fingerprint density at radius 1 is 0.812 bits per heavy atom. The quantitative estimate of drug-likeness (QED) is 0.467. The number of nitrogens with one attached hydrogen (secondary N) is 1. The Balaban J connectivity index is 1.53. The Kier molecular flexibility index (Phi) is 8.44. The van der Waals surface area contributed by atoms with E-state index in [2.05, 4.69) is 19.2 Å². The van der Waals surface area contributed by atoms with Crippen molar-refractivity contribution in [3.8, 4) is 5.75 Å². The molecule has 32 heavy (non-hydrogen) atoms. The van der Waals surface area contributed by atoms with E-state index in [0.717, 1.165) is 16.7 Å². The van der Waals surface area contributed by atoms with Crippen molar-refractivity contribution in [1.29, 1.82) is 0 Å². The summed E-state index contributed by atoms with van der Waals surface area (Å²) in [7, 11) is 0. The van der Waals surface area contributed by atoms with Gasteiger partial charge in [0, 0.05) is 0 Å². The largest absolute Gasteiger partial charge is 0.482 e. The topological polar surface area (TPSA) is 64.6 Å². The van der Waals surface area contributed by atoms with Gasteiger partial charge in [0.05, 0.1) is 6.04 Å². The molecule has 3 rings (SSSR count). The third kappa shape index (κ3) is 6.98. The number of hydrogen-bond donors (Lipinski definition) is 1. The van der Waals surface area contributed by atoms with Crippen LogP contribution in [0.25, 0.3) is 0 Å². The number of hydrogen-bond acceptors (Lipinski definition) is 4. The molecule has 3 aromatic rings. The van der Waals surface area contributed by atoms with Crippen LogP contribution in [0.15, 0.2) is 84.9 Å². The number of ether oxygens (including phenoxy) is 2. The average Bonchev–Trinajstić information content (AvgIpc) is 2.82. The minimum atomic E-state index is -0.585. The van der Waals surface area contributed by atoms with Gasteiger partial charge in [0.25, 0.3) is 5.91 Å². The monoisotopic (exact) mass is 431 g/mol. The fourth-order valence-corrected chi connectivity index (χ4v) is 3.44. The maximum atomic E-state index is 12.5. The summed E-state index contributed by atoms with van der Waals surface area (Å²) in [5, 5.41) is 2.98. The predicted octanol–water partition coefficient (Wildman–Crippen LogP) is 4.83. The maximum Gasteiger partial charge on any atom is 0.344 e. The molecule has 0 heterocycles. The average molecular weight is 432 g/mol. The molecule has 0 spiro atoms. The molecule has 166 valence electrons. The van der Waals surface area contributed by atoms with Crippen LogP contribution in [-0.4, -0.2) is 25.1 Å². The van der Waals surface area contributed by atoms with E-state index in [1.807, 2.05) is 84.9 Å². The highest BCUT2D eigenvalue weighted by Crippen LogP contribution is 2.25. The standard InChI is InChI=1S/C27H29NO4/c1-20(2)23-15-9-10-16-25(23)31-19-27(30)32-18-26(29)28-24(22-13-7-4-8-14-22)17-21-11-5-3-6-12-21/h3-16,20,24H,17-19H2,1-2H3,(H,28,29). The molecule has 1 unspecified atom stereocenters. The van der Waals surface area contributed by atoms with Crippen molar-refractivity contribution in [2.24, 2.45) is 0 Å². The second-order valence-corrected chi connectivity index (χ2v) is 7.86. The number of carbonyl (C=O) groups is 2. The van der Waals surface area contributed by atoms with E-state index in [-0.39, 0.29) is 31.1 Å². The second kappa shape index (κ2) is 11.7. The molecule has 1 N–H and O–H groups in total. The van der Waals surface area contributed by atoms with Crippen LogP contribution in [-0.2, 0) is 20.7 Å². The van der Waals surface area contributed by atoms with Crippen molar-refractivity contribution >= 4 is 11.9 Å². The maximum absolute atomic E-state index is 12.5. The fraction of sp³-hybridized carbons (Fsp3) is 0.259. The van der Waals surface area contributed by atoms with E-state index in [0.29, 0.717) is 12.2 Å². The lowest BCUT2D eigenvalue weighted by Gasteiger charge is -2.19. The molecular weight excluding hydrogens is 402 g/mol. The van der Waals surface area contributed by atoms with E-state index in [1.54, 1.807) is 0 Å². The highest BCUT2D eigenvalue weighted by atomic mass is 16.6. The highest BCUT2D eigenvalue weighted by Gasteiger charge is 2.17. The minimum absolute atomic E-state index is 0.223. The molecule has 0 aliphatic rings. The first kappa shape index (κ1) is 23.1. The Hall–Kier alpha value is -3.60. The molecular formula is C27H29NO4. The Labute approximate surface area is 189 Å². The van der Waals surface area contributed by atoms with Crippen LogP contribution in [0.4, 0.5) is 0 Å². The summed E-state index contributed by atoms with van der Waals surface area (Å²) in [5.74, 6) is -0.0211. The summed E-state index contributed by atoms with van der Waals surface area (Å²) < 4.78 is 10.8. The molecule has 1 atom stereocenters. The molecule has 0 saturated heterocycles. The summed E-state index contributed by atoms with van der Waals surface area (Å²) >= 11 is 0. The van der Waals surface area contributed by atoms with Crippen molar-refractivity contribution in [2.45, 2.75) is 32.2 Å². The van der Waals surface area contributed by atoms with E-state index in [4.69, 9.17) is 9.47 Å². The third-order valence-corrected chi connectivity index (χ3v) is 5.07. The number of para-hydroxylation sites is 1. The normalized spacial score (nSPS) is 11.6. The van der Waals surface area contributed by atoms with Crippen LogP contribution >= 0.6 is 0 Å². The van der Waals surface area contributed by atoms with Crippen LogP contribution in [0.5, 0.6) is 5.75 Å². The van der Waals surface area contributed by atoms with Crippen molar-refractivity contribution in [2.75, 3.05) is 13.2 Å². The zero-order valence-electron chi connectivity index (χ0n) is 18.5. The first-order chi connectivity index (χ1) is 15.5. The molecule has 0 radical (unpaired) electrons. The molecule has 0 aromatic heterocycles. The summed E-state index contributed by atoms with van der Waals surface area (Å²) in [6.07, 6.45) is 0.639. The number of rotatable bonds is 10. The highest BCUT2D eigenvalue weighted by molar-refractivity contribution is 5.81. The van der Waals surface area contributed by atoms with Gasteiger partial charge in [-0.1, -0.05) is 92.7 Å². The van der Waals surface area contributed by atoms with Crippen LogP contribution in [0.3, 0.4) is 0 Å². The molecule has 0 aliphatic heterocycles. The molecule has 5 heteroatoms. The van der Waals surface area contributed by atoms with Crippen LogP contribution < -0.4 is 10.1 Å². The lowest BCUT2D eigenvalue weighted by Crippen LogP contribution is -2.34. The summed E-state index contributed by atoms with van der Waals surface area (Å²) in [6.45, 7) is 3.52. The van der Waals surface area contributed by atoms with Gasteiger partial charge in [-0.05, 0) is 35.1 Å². The molecule has 0 bridgehead atoms. The molecule has 0 fully saturated rings. The molecule has 5 nitrogen and oxygen atoms in total. The number of carbonyl (C=O) groups excluding carboxylic acids is 2. The van der Waals surface area contributed by atoms with E-state index in [1.165, 1.54) is 0 Å². The Morgan fingerprint density at radius 3 is 2.12 bits per heavy atom. The molecule has 3 aromatic carbocycles. The number of benzene rings is 3. The number of amides is 1. The van der Waals surface area contributed by atoms with Gasteiger partial charge in [-0.2, -0.15) is 0 Å². The Morgan fingerprint density at radius 2 is 1.44 bits per heavy atom. The van der Waals surface area contributed by atoms with Gasteiger partial charge in [0.2, 0.25) is 0 Å². The van der Waals surface area contributed by atoms with E-state index in [9.17, 15) is 9.59 Å².